The fourth-order valence-electron chi connectivity index (χ4n) is 1.82. The normalized spacial score (nSPS) is 21.9. The molecule has 1 fully saturated rings. The largest absolute Gasteiger partial charge is 0.392 e. The summed E-state index contributed by atoms with van der Waals surface area (Å²) in [7, 11) is 0. The number of rotatable bonds is 3. The number of nitrogens with zero attached hydrogens (tertiary/aromatic N) is 2. The molecule has 0 amide bonds. The van der Waals surface area contributed by atoms with Crippen molar-refractivity contribution in [3.05, 3.63) is 23.9 Å². The number of nitrogens with two attached hydrogens (primary N) is 1. The van der Waals surface area contributed by atoms with E-state index >= 15 is 0 Å². The number of hydrazine groups is 1. The molecule has 5 nitrogen and oxygen atoms in total. The van der Waals surface area contributed by atoms with Crippen molar-refractivity contribution in [1.82, 2.24) is 9.88 Å². The molecule has 1 aromatic rings. The van der Waals surface area contributed by atoms with Gasteiger partial charge < -0.3 is 10.5 Å². The molecule has 1 saturated heterocycles. The standard InChI is InChI=1S/C10H16N4O/c11-13-10-2-1-8(5-12-10)6-14-4-3-9(15)7-14/h1-2,5,9,15H,3-4,6-7,11H2,(H,12,13). The van der Waals surface area contributed by atoms with E-state index in [2.05, 4.69) is 15.3 Å². The van der Waals surface area contributed by atoms with Crippen LogP contribution in [0.15, 0.2) is 18.3 Å². The van der Waals surface area contributed by atoms with Gasteiger partial charge in [-0.1, -0.05) is 6.07 Å². The summed E-state index contributed by atoms with van der Waals surface area (Å²) >= 11 is 0. The summed E-state index contributed by atoms with van der Waals surface area (Å²) in [5, 5.41) is 9.38. The Kier molecular flexibility index (Phi) is 3.15. The first kappa shape index (κ1) is 10.4. The van der Waals surface area contributed by atoms with Crippen LogP contribution in [0.3, 0.4) is 0 Å². The van der Waals surface area contributed by atoms with E-state index in [0.717, 1.165) is 31.6 Å². The first-order valence-corrected chi connectivity index (χ1v) is 5.10. The molecule has 15 heavy (non-hydrogen) atoms. The number of hydrogen-bond acceptors (Lipinski definition) is 5. The van der Waals surface area contributed by atoms with Gasteiger partial charge in [0.05, 0.1) is 6.10 Å². The predicted octanol–water partition coefficient (Wildman–Crippen LogP) is -0.0662. The Balaban J connectivity index is 1.93. The van der Waals surface area contributed by atoms with Gasteiger partial charge in [0.15, 0.2) is 0 Å². The minimum absolute atomic E-state index is 0.164. The van der Waals surface area contributed by atoms with Crippen molar-refractivity contribution in [2.24, 2.45) is 5.84 Å². The van der Waals surface area contributed by atoms with Crippen molar-refractivity contribution >= 4 is 5.82 Å². The Hall–Kier alpha value is -1.17. The SMILES string of the molecule is NNc1ccc(CN2CCC(O)C2)cn1. The van der Waals surface area contributed by atoms with Gasteiger partial charge in [0.1, 0.15) is 5.82 Å². The van der Waals surface area contributed by atoms with Crippen molar-refractivity contribution in [2.45, 2.75) is 19.1 Å². The number of nitrogen functional groups attached to an aromatic ring is 1. The quantitative estimate of drug-likeness (QED) is 0.479. The molecular weight excluding hydrogens is 192 g/mol. The third kappa shape index (κ3) is 2.65. The van der Waals surface area contributed by atoms with Crippen LogP contribution >= 0.6 is 0 Å². The van der Waals surface area contributed by atoms with Crippen LogP contribution in [0, 0.1) is 0 Å². The van der Waals surface area contributed by atoms with E-state index in [1.165, 1.54) is 0 Å². The molecule has 5 heteroatoms. The van der Waals surface area contributed by atoms with Crippen LogP contribution in [-0.4, -0.2) is 34.2 Å². The molecule has 0 bridgehead atoms. The Morgan fingerprint density at radius 3 is 3.00 bits per heavy atom. The van der Waals surface area contributed by atoms with E-state index in [1.54, 1.807) is 6.20 Å². The molecule has 0 spiro atoms. The number of pyridine rings is 1. The average molecular weight is 208 g/mol. The van der Waals surface area contributed by atoms with Gasteiger partial charge in [-0.3, -0.25) is 4.90 Å². The zero-order chi connectivity index (χ0) is 10.7. The van der Waals surface area contributed by atoms with Crippen LogP contribution in [0.2, 0.25) is 0 Å². The summed E-state index contributed by atoms with van der Waals surface area (Å²) < 4.78 is 0. The first-order valence-electron chi connectivity index (χ1n) is 5.10. The lowest BCUT2D eigenvalue weighted by Gasteiger charge is -2.14. The van der Waals surface area contributed by atoms with Crippen LogP contribution in [0.1, 0.15) is 12.0 Å². The monoisotopic (exact) mass is 208 g/mol. The van der Waals surface area contributed by atoms with Gasteiger partial charge in [-0.05, 0) is 18.1 Å². The highest BCUT2D eigenvalue weighted by molar-refractivity contribution is 5.33. The van der Waals surface area contributed by atoms with E-state index < -0.39 is 0 Å². The molecule has 1 unspecified atom stereocenters. The molecule has 0 aliphatic carbocycles. The zero-order valence-corrected chi connectivity index (χ0v) is 8.56. The third-order valence-corrected chi connectivity index (χ3v) is 2.63. The summed E-state index contributed by atoms with van der Waals surface area (Å²) in [5.74, 6) is 5.89. The second kappa shape index (κ2) is 4.57. The van der Waals surface area contributed by atoms with Gasteiger partial charge in [-0.2, -0.15) is 0 Å². The molecular formula is C10H16N4O. The Labute approximate surface area is 88.9 Å². The fourth-order valence-corrected chi connectivity index (χ4v) is 1.82. The summed E-state index contributed by atoms with van der Waals surface area (Å²) in [6, 6.07) is 3.84. The first-order chi connectivity index (χ1) is 7.28. The maximum Gasteiger partial charge on any atom is 0.139 e. The number of likely N-dealkylation sites (tertiary alicyclic amines) is 1. The van der Waals surface area contributed by atoms with Gasteiger partial charge in [0.2, 0.25) is 0 Å². The van der Waals surface area contributed by atoms with E-state index in [0.29, 0.717) is 5.82 Å². The number of aromatic nitrogens is 1. The van der Waals surface area contributed by atoms with Crippen molar-refractivity contribution in [3.8, 4) is 0 Å². The summed E-state index contributed by atoms with van der Waals surface area (Å²) in [4.78, 5) is 6.35. The molecule has 1 aliphatic rings. The molecule has 2 rings (SSSR count). The van der Waals surface area contributed by atoms with E-state index in [1.807, 2.05) is 12.1 Å². The lowest BCUT2D eigenvalue weighted by atomic mass is 10.2. The van der Waals surface area contributed by atoms with Crippen LogP contribution in [0.4, 0.5) is 5.82 Å². The van der Waals surface area contributed by atoms with Gasteiger partial charge in [0, 0.05) is 25.8 Å². The molecule has 0 aromatic carbocycles. The third-order valence-electron chi connectivity index (χ3n) is 2.63. The van der Waals surface area contributed by atoms with Gasteiger partial charge in [-0.15, -0.1) is 0 Å². The second-order valence-corrected chi connectivity index (χ2v) is 3.87. The Morgan fingerprint density at radius 2 is 2.47 bits per heavy atom. The zero-order valence-electron chi connectivity index (χ0n) is 8.56. The van der Waals surface area contributed by atoms with E-state index in [-0.39, 0.29) is 6.10 Å². The molecule has 0 saturated carbocycles. The van der Waals surface area contributed by atoms with Crippen LogP contribution in [0.5, 0.6) is 0 Å². The number of β-amino-alcohol motifs (C(OH)–C–C–N with tert-alkyl or cyclic N) is 1. The molecule has 1 aliphatic heterocycles. The van der Waals surface area contributed by atoms with Crippen LogP contribution < -0.4 is 11.3 Å². The van der Waals surface area contributed by atoms with Crippen molar-refractivity contribution in [3.63, 3.8) is 0 Å². The summed E-state index contributed by atoms with van der Waals surface area (Å²) in [6.45, 7) is 2.56. The maximum atomic E-state index is 9.38. The van der Waals surface area contributed by atoms with Gasteiger partial charge in [-0.25, -0.2) is 10.8 Å². The molecule has 1 aromatic heterocycles. The highest BCUT2D eigenvalue weighted by Gasteiger charge is 2.19. The highest BCUT2D eigenvalue weighted by Crippen LogP contribution is 2.13. The second-order valence-electron chi connectivity index (χ2n) is 3.87. The van der Waals surface area contributed by atoms with E-state index in [9.17, 15) is 5.11 Å². The summed E-state index contributed by atoms with van der Waals surface area (Å²) in [6.07, 6.45) is 2.51. The number of aliphatic hydroxyl groups is 1. The highest BCUT2D eigenvalue weighted by atomic mass is 16.3. The van der Waals surface area contributed by atoms with Gasteiger partial charge >= 0.3 is 0 Å². The number of aliphatic hydroxyl groups excluding tert-OH is 1. The lowest BCUT2D eigenvalue weighted by Crippen LogP contribution is -2.21. The number of nitrogens with one attached hydrogen (secondary N) is 1. The predicted molar refractivity (Wildman–Crippen MR) is 57.9 cm³/mol. The number of hydrogen-bond donors (Lipinski definition) is 3. The van der Waals surface area contributed by atoms with Crippen molar-refractivity contribution < 1.29 is 5.11 Å². The van der Waals surface area contributed by atoms with E-state index in [4.69, 9.17) is 5.84 Å². The van der Waals surface area contributed by atoms with Crippen molar-refractivity contribution in [2.75, 3.05) is 18.5 Å². The van der Waals surface area contributed by atoms with Gasteiger partial charge in [0.25, 0.3) is 0 Å². The minimum Gasteiger partial charge on any atom is -0.392 e. The lowest BCUT2D eigenvalue weighted by molar-refractivity contribution is 0.175. The van der Waals surface area contributed by atoms with Crippen molar-refractivity contribution in [1.29, 1.82) is 0 Å². The molecule has 1 atom stereocenters. The summed E-state index contributed by atoms with van der Waals surface area (Å²) in [5.41, 5.74) is 3.63. The molecule has 4 N–H and O–H groups in total. The maximum absolute atomic E-state index is 9.38. The molecule has 2 heterocycles. The Morgan fingerprint density at radius 1 is 1.60 bits per heavy atom. The van der Waals surface area contributed by atoms with Crippen LogP contribution in [0.25, 0.3) is 0 Å². The smallest absolute Gasteiger partial charge is 0.139 e. The topological polar surface area (TPSA) is 74.4 Å². The molecule has 82 valence electrons. The molecule has 0 radical (unpaired) electrons. The number of anilines is 1. The Bertz CT molecular complexity index is 314. The fraction of sp³-hybridized carbons (Fsp3) is 0.500. The minimum atomic E-state index is -0.164. The average Bonchev–Trinajstić information content (AvgIpc) is 2.65. The van der Waals surface area contributed by atoms with Crippen LogP contribution in [-0.2, 0) is 6.54 Å².